The van der Waals surface area contributed by atoms with Crippen LogP contribution in [-0.4, -0.2) is 5.78 Å². The van der Waals surface area contributed by atoms with Crippen LogP contribution in [0.5, 0.6) is 0 Å². The molecular formula is C20H24O. The number of Topliss-reactive ketones (excluding diaryl/α,β-unsaturated/α-hetero) is 1. The monoisotopic (exact) mass is 280 g/mol. The molecule has 0 radical (unpaired) electrons. The molecule has 0 fully saturated rings. The zero-order valence-electron chi connectivity index (χ0n) is 13.0. The zero-order valence-corrected chi connectivity index (χ0v) is 13.0. The zero-order chi connectivity index (χ0) is 14.9. The Balaban J connectivity index is 2.10. The molecule has 1 aromatic rings. The molecule has 1 aromatic carbocycles. The lowest BCUT2D eigenvalue weighted by Gasteiger charge is -2.35. The summed E-state index contributed by atoms with van der Waals surface area (Å²) in [5, 5.41) is 0. The van der Waals surface area contributed by atoms with Crippen LogP contribution in [0.25, 0.3) is 0 Å². The molecule has 0 amide bonds. The number of benzene rings is 1. The van der Waals surface area contributed by atoms with Crippen LogP contribution in [0.1, 0.15) is 56.6 Å². The summed E-state index contributed by atoms with van der Waals surface area (Å²) in [5.74, 6) is 1.00. The third-order valence-corrected chi connectivity index (χ3v) is 5.31. The van der Waals surface area contributed by atoms with E-state index < -0.39 is 0 Å². The summed E-state index contributed by atoms with van der Waals surface area (Å²) in [6.45, 7) is 4.01. The molecule has 3 atom stereocenters. The number of carbonyl (C=O) groups is 1. The summed E-state index contributed by atoms with van der Waals surface area (Å²) in [7, 11) is 0. The highest BCUT2D eigenvalue weighted by molar-refractivity contribution is 5.91. The van der Waals surface area contributed by atoms with Crippen molar-refractivity contribution in [3.63, 3.8) is 0 Å². The van der Waals surface area contributed by atoms with E-state index in [4.69, 9.17) is 0 Å². The SMILES string of the molecule is CCCCCC1(C(C)=O)c2ccccc2C2C=CC=CC21. The van der Waals surface area contributed by atoms with Gasteiger partial charge in [-0.15, -0.1) is 0 Å². The highest BCUT2D eigenvalue weighted by atomic mass is 16.1. The molecule has 21 heavy (non-hydrogen) atoms. The van der Waals surface area contributed by atoms with Crippen molar-refractivity contribution in [1.29, 1.82) is 0 Å². The van der Waals surface area contributed by atoms with Crippen molar-refractivity contribution in [3.05, 3.63) is 59.7 Å². The highest BCUT2D eigenvalue weighted by Gasteiger charge is 2.52. The maximum absolute atomic E-state index is 12.7. The van der Waals surface area contributed by atoms with Gasteiger partial charge in [0.2, 0.25) is 0 Å². The number of rotatable bonds is 5. The van der Waals surface area contributed by atoms with Gasteiger partial charge in [-0.1, -0.05) is 74.8 Å². The van der Waals surface area contributed by atoms with Crippen LogP contribution >= 0.6 is 0 Å². The fraction of sp³-hybridized carbons (Fsp3) is 0.450. The highest BCUT2D eigenvalue weighted by Crippen LogP contribution is 2.55. The Morgan fingerprint density at radius 1 is 1.14 bits per heavy atom. The van der Waals surface area contributed by atoms with Gasteiger partial charge >= 0.3 is 0 Å². The van der Waals surface area contributed by atoms with E-state index >= 15 is 0 Å². The van der Waals surface area contributed by atoms with E-state index in [2.05, 4.69) is 55.5 Å². The van der Waals surface area contributed by atoms with E-state index in [9.17, 15) is 4.79 Å². The minimum Gasteiger partial charge on any atom is -0.299 e. The molecule has 0 saturated carbocycles. The molecule has 110 valence electrons. The second-order valence-electron chi connectivity index (χ2n) is 6.39. The molecule has 2 aliphatic rings. The number of hydrogen-bond acceptors (Lipinski definition) is 1. The van der Waals surface area contributed by atoms with Gasteiger partial charge in [0.25, 0.3) is 0 Å². The van der Waals surface area contributed by atoms with Gasteiger partial charge in [0.15, 0.2) is 0 Å². The topological polar surface area (TPSA) is 17.1 Å². The Morgan fingerprint density at radius 3 is 2.67 bits per heavy atom. The molecule has 0 bridgehead atoms. The van der Waals surface area contributed by atoms with Crippen LogP contribution in [0.15, 0.2) is 48.6 Å². The normalized spacial score (nSPS) is 29.2. The molecule has 0 heterocycles. The van der Waals surface area contributed by atoms with E-state index in [0.29, 0.717) is 17.6 Å². The minimum absolute atomic E-state index is 0.300. The van der Waals surface area contributed by atoms with Crippen molar-refractivity contribution in [2.24, 2.45) is 5.92 Å². The lowest BCUT2D eigenvalue weighted by Crippen LogP contribution is -2.39. The summed E-state index contributed by atoms with van der Waals surface area (Å²) >= 11 is 0. The van der Waals surface area contributed by atoms with E-state index in [1.54, 1.807) is 6.92 Å². The summed E-state index contributed by atoms with van der Waals surface area (Å²) in [5.41, 5.74) is 2.33. The number of hydrogen-bond donors (Lipinski definition) is 0. The molecule has 3 unspecified atom stereocenters. The quantitative estimate of drug-likeness (QED) is 0.699. The maximum Gasteiger partial charge on any atom is 0.140 e. The molecule has 3 rings (SSSR count). The van der Waals surface area contributed by atoms with Gasteiger partial charge in [0.1, 0.15) is 5.78 Å². The van der Waals surface area contributed by atoms with Gasteiger partial charge in [-0.25, -0.2) is 0 Å². The lowest BCUT2D eigenvalue weighted by molar-refractivity contribution is -0.124. The van der Waals surface area contributed by atoms with Crippen LogP contribution in [0.3, 0.4) is 0 Å². The average molecular weight is 280 g/mol. The third-order valence-electron chi connectivity index (χ3n) is 5.31. The molecule has 0 aliphatic heterocycles. The number of allylic oxidation sites excluding steroid dienone is 4. The van der Waals surface area contributed by atoms with Crippen LogP contribution in [0.4, 0.5) is 0 Å². The number of unbranched alkanes of at least 4 members (excludes halogenated alkanes) is 2. The van der Waals surface area contributed by atoms with Crippen molar-refractivity contribution < 1.29 is 4.79 Å². The largest absolute Gasteiger partial charge is 0.299 e. The second kappa shape index (κ2) is 5.63. The number of carbonyl (C=O) groups excluding carboxylic acids is 1. The first-order valence-corrected chi connectivity index (χ1v) is 8.17. The number of fused-ring (bicyclic) bond motifs is 3. The molecule has 1 heteroatoms. The second-order valence-corrected chi connectivity index (χ2v) is 6.39. The Labute approximate surface area is 127 Å². The van der Waals surface area contributed by atoms with Crippen molar-refractivity contribution in [1.82, 2.24) is 0 Å². The fourth-order valence-corrected chi connectivity index (χ4v) is 4.30. The summed E-state index contributed by atoms with van der Waals surface area (Å²) < 4.78 is 0. The predicted molar refractivity (Wildman–Crippen MR) is 87.5 cm³/mol. The Morgan fingerprint density at radius 2 is 1.90 bits per heavy atom. The van der Waals surface area contributed by atoms with Gasteiger partial charge in [0, 0.05) is 11.8 Å². The predicted octanol–water partition coefficient (Wildman–Crippen LogP) is 4.93. The van der Waals surface area contributed by atoms with Gasteiger partial charge in [0.05, 0.1) is 5.41 Å². The maximum atomic E-state index is 12.7. The van der Waals surface area contributed by atoms with Crippen molar-refractivity contribution in [2.75, 3.05) is 0 Å². The first-order valence-electron chi connectivity index (χ1n) is 8.17. The van der Waals surface area contributed by atoms with E-state index in [-0.39, 0.29) is 5.41 Å². The molecule has 2 aliphatic carbocycles. The first kappa shape index (κ1) is 14.3. The van der Waals surface area contributed by atoms with Crippen LogP contribution < -0.4 is 0 Å². The van der Waals surface area contributed by atoms with Gasteiger partial charge < -0.3 is 0 Å². The summed E-state index contributed by atoms with van der Waals surface area (Å²) in [4.78, 5) is 12.7. The molecular weight excluding hydrogens is 256 g/mol. The molecule has 1 nitrogen and oxygen atoms in total. The molecule has 0 spiro atoms. The van der Waals surface area contributed by atoms with E-state index in [0.717, 1.165) is 12.8 Å². The average Bonchev–Trinajstić information content (AvgIpc) is 2.80. The standard InChI is InChI=1S/C20H24O/c1-3-4-9-14-20(15(2)21)18-12-7-5-10-16(18)17-11-6-8-13-19(17)20/h5-8,10-13,16,18H,3-4,9,14H2,1-2H3. The van der Waals surface area contributed by atoms with Crippen LogP contribution in [0, 0.1) is 5.92 Å². The first-order chi connectivity index (χ1) is 10.2. The third kappa shape index (κ3) is 2.10. The molecule has 0 aromatic heterocycles. The van der Waals surface area contributed by atoms with Crippen LogP contribution in [-0.2, 0) is 10.2 Å². The van der Waals surface area contributed by atoms with Crippen molar-refractivity contribution >= 4 is 5.78 Å². The Bertz CT molecular complexity index is 596. The van der Waals surface area contributed by atoms with Gasteiger partial charge in [-0.2, -0.15) is 0 Å². The Kier molecular flexibility index (Phi) is 3.84. The smallest absolute Gasteiger partial charge is 0.140 e. The van der Waals surface area contributed by atoms with E-state index in [1.165, 1.54) is 24.0 Å². The van der Waals surface area contributed by atoms with Crippen molar-refractivity contribution in [2.45, 2.75) is 50.9 Å². The number of ketones is 1. The summed E-state index contributed by atoms with van der Waals surface area (Å²) in [6.07, 6.45) is 13.3. The van der Waals surface area contributed by atoms with Crippen LogP contribution in [0.2, 0.25) is 0 Å². The van der Waals surface area contributed by atoms with Crippen molar-refractivity contribution in [3.8, 4) is 0 Å². The fourth-order valence-electron chi connectivity index (χ4n) is 4.30. The van der Waals surface area contributed by atoms with E-state index in [1.807, 2.05) is 0 Å². The van der Waals surface area contributed by atoms with Gasteiger partial charge in [-0.3, -0.25) is 4.79 Å². The minimum atomic E-state index is -0.308. The Hall–Kier alpha value is -1.63. The molecule has 0 saturated heterocycles. The van der Waals surface area contributed by atoms with Gasteiger partial charge in [-0.05, 0) is 24.5 Å². The lowest BCUT2D eigenvalue weighted by atomic mass is 9.66. The molecule has 0 N–H and O–H groups in total. The summed E-state index contributed by atoms with van der Waals surface area (Å²) in [6, 6.07) is 8.58.